The van der Waals surface area contributed by atoms with E-state index >= 15 is 0 Å². The molecule has 7 heteroatoms. The summed E-state index contributed by atoms with van der Waals surface area (Å²) in [6.07, 6.45) is 0. The lowest BCUT2D eigenvalue weighted by Crippen LogP contribution is -2.50. The second-order valence-electron chi connectivity index (χ2n) is 6.81. The molecule has 0 saturated carbocycles. The van der Waals surface area contributed by atoms with E-state index in [1.54, 1.807) is 18.1 Å². The van der Waals surface area contributed by atoms with Gasteiger partial charge in [-0.2, -0.15) is 0 Å². The van der Waals surface area contributed by atoms with Crippen LogP contribution in [-0.4, -0.2) is 63.3 Å². The summed E-state index contributed by atoms with van der Waals surface area (Å²) < 4.78 is 15.9. The van der Waals surface area contributed by atoms with Gasteiger partial charge in [-0.25, -0.2) is 4.79 Å². The average Bonchev–Trinajstić information content (AvgIpc) is 2.76. The summed E-state index contributed by atoms with van der Waals surface area (Å²) in [5.41, 5.74) is 2.06. The largest absolute Gasteiger partial charge is 0.495 e. The number of esters is 1. The summed E-state index contributed by atoms with van der Waals surface area (Å²) in [5, 5.41) is 0. The first-order valence-corrected chi connectivity index (χ1v) is 9.57. The van der Waals surface area contributed by atoms with Gasteiger partial charge in [-0.1, -0.05) is 24.3 Å². The molecule has 0 aromatic heterocycles. The number of rotatable bonds is 7. The second-order valence-corrected chi connectivity index (χ2v) is 6.81. The first-order valence-electron chi connectivity index (χ1n) is 9.57. The number of piperazine rings is 1. The molecule has 1 aliphatic rings. The van der Waals surface area contributed by atoms with Crippen LogP contribution in [0.25, 0.3) is 0 Å². The topological polar surface area (TPSA) is 68.3 Å². The summed E-state index contributed by atoms with van der Waals surface area (Å²) in [6, 6.07) is 15.2. The van der Waals surface area contributed by atoms with E-state index < -0.39 is 5.97 Å². The molecule has 0 spiro atoms. The predicted octanol–water partition coefficient (Wildman–Crippen LogP) is 2.27. The zero-order valence-electron chi connectivity index (χ0n) is 16.8. The van der Waals surface area contributed by atoms with Crippen LogP contribution in [-0.2, 0) is 14.3 Å². The zero-order valence-corrected chi connectivity index (χ0v) is 16.8. The van der Waals surface area contributed by atoms with Crippen LogP contribution < -0.4 is 14.4 Å². The molecule has 154 valence electrons. The summed E-state index contributed by atoms with van der Waals surface area (Å²) in [6.45, 7) is 3.95. The molecule has 0 bridgehead atoms. The predicted molar refractivity (Wildman–Crippen MR) is 109 cm³/mol. The first-order chi connectivity index (χ1) is 14.1. The molecule has 0 N–H and O–H groups in total. The molecule has 0 aliphatic carbocycles. The van der Waals surface area contributed by atoms with Crippen LogP contribution in [0.3, 0.4) is 0 Å². The Kier molecular flexibility index (Phi) is 6.94. The monoisotopic (exact) mass is 398 g/mol. The minimum atomic E-state index is -0.562. The molecule has 0 radical (unpaired) electrons. The van der Waals surface area contributed by atoms with Gasteiger partial charge in [-0.3, -0.25) is 4.79 Å². The van der Waals surface area contributed by atoms with Crippen molar-refractivity contribution in [2.24, 2.45) is 0 Å². The maximum absolute atomic E-state index is 12.4. The minimum Gasteiger partial charge on any atom is -0.495 e. The third kappa shape index (κ3) is 5.63. The molecule has 2 aromatic rings. The van der Waals surface area contributed by atoms with Gasteiger partial charge in [-0.15, -0.1) is 0 Å². The van der Waals surface area contributed by atoms with Gasteiger partial charge in [0.25, 0.3) is 5.91 Å². The molecule has 0 atom stereocenters. The van der Waals surface area contributed by atoms with Gasteiger partial charge in [0.05, 0.1) is 12.8 Å². The van der Waals surface area contributed by atoms with E-state index in [0.717, 1.165) is 17.0 Å². The quantitative estimate of drug-likeness (QED) is 0.667. The summed E-state index contributed by atoms with van der Waals surface area (Å²) in [4.78, 5) is 28.1. The number of para-hydroxylation sites is 2. The Morgan fingerprint density at radius 1 is 0.966 bits per heavy atom. The number of hydrogen-bond acceptors (Lipinski definition) is 6. The van der Waals surface area contributed by atoms with Crippen molar-refractivity contribution in [1.29, 1.82) is 0 Å². The fourth-order valence-electron chi connectivity index (χ4n) is 3.21. The minimum absolute atomic E-state index is 0.200. The zero-order chi connectivity index (χ0) is 20.6. The van der Waals surface area contributed by atoms with Crippen molar-refractivity contribution >= 4 is 17.6 Å². The van der Waals surface area contributed by atoms with Gasteiger partial charge in [-0.05, 0) is 36.8 Å². The fraction of sp³-hybridized carbons (Fsp3) is 0.364. The Hall–Kier alpha value is -3.22. The normalized spacial score (nSPS) is 13.7. The number of nitrogens with zero attached hydrogens (tertiary/aromatic N) is 2. The second kappa shape index (κ2) is 9.82. The molecule has 1 saturated heterocycles. The van der Waals surface area contributed by atoms with E-state index in [4.69, 9.17) is 14.2 Å². The molecule has 1 aliphatic heterocycles. The van der Waals surface area contributed by atoms with E-state index in [2.05, 4.69) is 4.90 Å². The lowest BCUT2D eigenvalue weighted by molar-refractivity contribution is -0.153. The van der Waals surface area contributed by atoms with E-state index in [1.165, 1.54) is 0 Å². The third-order valence-electron chi connectivity index (χ3n) is 4.76. The number of hydrogen-bond donors (Lipinski definition) is 0. The number of ether oxygens (including phenoxy) is 3. The lowest BCUT2D eigenvalue weighted by Gasteiger charge is -2.36. The average molecular weight is 398 g/mol. The molecule has 0 unspecified atom stereocenters. The smallest absolute Gasteiger partial charge is 0.344 e. The highest BCUT2D eigenvalue weighted by molar-refractivity contribution is 5.81. The number of anilines is 1. The number of carbonyl (C=O) groups is 2. The Balaban J connectivity index is 1.41. The Bertz CT molecular complexity index is 847. The molecule has 7 nitrogen and oxygen atoms in total. The van der Waals surface area contributed by atoms with Crippen LogP contribution in [0.4, 0.5) is 5.69 Å². The highest BCUT2D eigenvalue weighted by Gasteiger charge is 2.23. The maximum Gasteiger partial charge on any atom is 0.344 e. The van der Waals surface area contributed by atoms with Gasteiger partial charge >= 0.3 is 5.97 Å². The van der Waals surface area contributed by atoms with Crippen LogP contribution in [0, 0.1) is 6.92 Å². The van der Waals surface area contributed by atoms with Gasteiger partial charge in [0, 0.05) is 26.2 Å². The van der Waals surface area contributed by atoms with Crippen LogP contribution >= 0.6 is 0 Å². The highest BCUT2D eigenvalue weighted by Crippen LogP contribution is 2.28. The van der Waals surface area contributed by atoms with Crippen LogP contribution in [0.5, 0.6) is 11.5 Å². The highest BCUT2D eigenvalue weighted by atomic mass is 16.6. The Morgan fingerprint density at radius 2 is 1.72 bits per heavy atom. The van der Waals surface area contributed by atoms with E-state index in [1.807, 2.05) is 49.4 Å². The molecule has 1 fully saturated rings. The SMILES string of the molecule is COc1ccccc1N1CCN(C(=O)COC(=O)COc2cccc(C)c2)CC1. The summed E-state index contributed by atoms with van der Waals surface area (Å²) in [7, 11) is 1.65. The number of methoxy groups -OCH3 is 1. The molecular formula is C22H26N2O5. The number of amides is 1. The Labute approximate surface area is 170 Å². The van der Waals surface area contributed by atoms with Gasteiger partial charge in [0.2, 0.25) is 0 Å². The molecule has 29 heavy (non-hydrogen) atoms. The Morgan fingerprint density at radius 3 is 2.45 bits per heavy atom. The molecule has 1 amide bonds. The first kappa shape index (κ1) is 20.5. The van der Waals surface area contributed by atoms with Crippen molar-refractivity contribution in [2.75, 3.05) is 51.4 Å². The van der Waals surface area contributed by atoms with Crippen LogP contribution in [0.15, 0.2) is 48.5 Å². The van der Waals surface area contributed by atoms with E-state index in [-0.39, 0.29) is 19.1 Å². The molecule has 2 aromatic carbocycles. The molecule has 3 rings (SSSR count). The number of aryl methyl sites for hydroxylation is 1. The van der Waals surface area contributed by atoms with Crippen LogP contribution in [0.1, 0.15) is 5.56 Å². The number of benzene rings is 2. The maximum atomic E-state index is 12.4. The standard InChI is InChI=1S/C22H26N2O5/c1-17-6-5-7-18(14-17)28-16-22(26)29-15-21(25)24-12-10-23(11-13-24)19-8-3-4-9-20(19)27-2/h3-9,14H,10-13,15-16H2,1-2H3. The van der Waals surface area contributed by atoms with E-state index in [0.29, 0.717) is 31.9 Å². The summed E-state index contributed by atoms with van der Waals surface area (Å²) in [5.74, 6) is 0.650. The van der Waals surface area contributed by atoms with Gasteiger partial charge in [0.15, 0.2) is 13.2 Å². The van der Waals surface area contributed by atoms with Crippen LogP contribution in [0.2, 0.25) is 0 Å². The van der Waals surface area contributed by atoms with E-state index in [9.17, 15) is 9.59 Å². The van der Waals surface area contributed by atoms with Gasteiger partial charge < -0.3 is 24.0 Å². The van der Waals surface area contributed by atoms with Crippen molar-refractivity contribution in [3.8, 4) is 11.5 Å². The summed E-state index contributed by atoms with van der Waals surface area (Å²) >= 11 is 0. The van der Waals surface area contributed by atoms with Crippen molar-refractivity contribution in [1.82, 2.24) is 4.90 Å². The number of carbonyl (C=O) groups excluding carboxylic acids is 2. The van der Waals surface area contributed by atoms with Gasteiger partial charge in [0.1, 0.15) is 11.5 Å². The molecule has 1 heterocycles. The van der Waals surface area contributed by atoms with Crippen molar-refractivity contribution < 1.29 is 23.8 Å². The van der Waals surface area contributed by atoms with Crippen molar-refractivity contribution in [2.45, 2.75) is 6.92 Å². The third-order valence-corrected chi connectivity index (χ3v) is 4.76. The lowest BCUT2D eigenvalue weighted by atomic mass is 10.2. The van der Waals surface area contributed by atoms with Crippen molar-refractivity contribution in [3.63, 3.8) is 0 Å². The fourth-order valence-corrected chi connectivity index (χ4v) is 3.21. The molecular weight excluding hydrogens is 372 g/mol. The van der Waals surface area contributed by atoms with Crippen molar-refractivity contribution in [3.05, 3.63) is 54.1 Å².